The molecule has 0 rings (SSSR count). The van der Waals surface area contributed by atoms with Crippen LogP contribution in [0.5, 0.6) is 0 Å². The van der Waals surface area contributed by atoms with Crippen molar-refractivity contribution in [3.8, 4) is 0 Å². The Balaban J connectivity index is 5.39. The Hall–Kier alpha value is -2.27. The summed E-state index contributed by atoms with van der Waals surface area (Å²) in [5.41, 5.74) is -0.741. The average Bonchev–Trinajstić information content (AvgIpc) is 2.81. The second-order valence-corrected chi connectivity index (χ2v) is 9.73. The Labute approximate surface area is 191 Å². The molecule has 0 saturated carbocycles. The van der Waals surface area contributed by atoms with E-state index in [1.165, 1.54) is 14.2 Å². The highest BCUT2D eigenvalue weighted by Gasteiger charge is 2.43. The van der Waals surface area contributed by atoms with E-state index in [-0.39, 0.29) is 19.8 Å². The molecule has 9 nitrogen and oxygen atoms in total. The third kappa shape index (κ3) is 12.5. The summed E-state index contributed by atoms with van der Waals surface area (Å²) in [7, 11) is 0.0646. The fourth-order valence-corrected chi connectivity index (χ4v) is 4.39. The summed E-state index contributed by atoms with van der Waals surface area (Å²) in [5, 5.41) is 0. The van der Waals surface area contributed by atoms with Crippen molar-refractivity contribution in [1.29, 1.82) is 0 Å². The molecule has 0 N–H and O–H groups in total. The quantitative estimate of drug-likeness (QED) is 0.0921. The highest BCUT2D eigenvalue weighted by molar-refractivity contribution is 6.59. The molecule has 0 fully saturated rings. The predicted octanol–water partition coefficient (Wildman–Crippen LogP) is 3.13. The molecule has 0 atom stereocenters. The predicted molar refractivity (Wildman–Crippen MR) is 121 cm³/mol. The molecule has 0 unspecified atom stereocenters. The summed E-state index contributed by atoms with van der Waals surface area (Å²) < 4.78 is 32.8. The lowest BCUT2D eigenvalue weighted by Gasteiger charge is -2.40. The molecule has 0 aliphatic rings. The molecule has 0 bridgehead atoms. The molecule has 32 heavy (non-hydrogen) atoms. The van der Waals surface area contributed by atoms with Crippen LogP contribution in [-0.2, 0) is 41.9 Å². The van der Waals surface area contributed by atoms with Crippen molar-refractivity contribution in [2.75, 3.05) is 34.0 Å². The molecule has 0 saturated heterocycles. The third-order valence-electron chi connectivity index (χ3n) is 4.71. The Morgan fingerprint density at radius 2 is 1.03 bits per heavy atom. The molecular formula is C22H36O9Si. The van der Waals surface area contributed by atoms with Gasteiger partial charge in [-0.15, -0.1) is 0 Å². The van der Waals surface area contributed by atoms with Gasteiger partial charge in [-0.1, -0.05) is 19.7 Å². The minimum absolute atomic E-state index is 0.186. The number of carbonyl (C=O) groups is 3. The number of hydrogen-bond donors (Lipinski definition) is 0. The maximum atomic E-state index is 11.3. The molecule has 0 amide bonds. The van der Waals surface area contributed by atoms with Crippen LogP contribution in [0, 0.1) is 0 Å². The summed E-state index contributed by atoms with van der Waals surface area (Å²) in [6.07, 6.45) is 6.37. The zero-order valence-corrected chi connectivity index (χ0v) is 20.4. The number of ether oxygens (including phenoxy) is 3. The first-order chi connectivity index (χ1) is 15.2. The zero-order valence-electron chi connectivity index (χ0n) is 19.4. The fourth-order valence-electron chi connectivity index (χ4n) is 2.97. The van der Waals surface area contributed by atoms with Crippen molar-refractivity contribution in [3.63, 3.8) is 0 Å². The van der Waals surface area contributed by atoms with Gasteiger partial charge in [-0.2, -0.15) is 0 Å². The van der Waals surface area contributed by atoms with Gasteiger partial charge in [0.2, 0.25) is 0 Å². The Kier molecular flexibility index (Phi) is 15.2. The number of hydrogen-bond acceptors (Lipinski definition) is 9. The van der Waals surface area contributed by atoms with Crippen LogP contribution in [0.3, 0.4) is 0 Å². The molecule has 0 aliphatic carbocycles. The van der Waals surface area contributed by atoms with Crippen LogP contribution >= 0.6 is 0 Å². The van der Waals surface area contributed by atoms with E-state index in [1.807, 2.05) is 0 Å². The maximum absolute atomic E-state index is 11.3. The highest BCUT2D eigenvalue weighted by atomic mass is 28.4. The topological polar surface area (TPSA) is 107 Å². The molecule has 0 spiro atoms. The van der Waals surface area contributed by atoms with E-state index in [4.69, 9.17) is 27.5 Å². The van der Waals surface area contributed by atoms with Crippen molar-refractivity contribution in [1.82, 2.24) is 0 Å². The standard InChI is InChI=1S/C22H36O9Si/c1-7-19(23)28-16-10-13-22(31-32(6,26-4)27-5,14-11-17-29-20(24)8-2)15-12-18-30-21(25)9-3/h7-9H,1-3,10-18H2,4-6H3. The summed E-state index contributed by atoms with van der Waals surface area (Å²) >= 11 is 0. The van der Waals surface area contributed by atoms with Crippen molar-refractivity contribution >= 4 is 26.7 Å². The van der Waals surface area contributed by atoms with Crippen molar-refractivity contribution in [3.05, 3.63) is 38.0 Å². The first-order valence-corrected chi connectivity index (χ1v) is 12.6. The van der Waals surface area contributed by atoms with Gasteiger partial charge in [0.15, 0.2) is 0 Å². The van der Waals surface area contributed by atoms with Gasteiger partial charge in [0.1, 0.15) is 0 Å². The average molecular weight is 473 g/mol. The smallest absolute Gasteiger partial charge is 0.463 e. The minimum atomic E-state index is -2.97. The third-order valence-corrected chi connectivity index (χ3v) is 6.99. The summed E-state index contributed by atoms with van der Waals surface area (Å²) in [6.45, 7) is 12.5. The van der Waals surface area contributed by atoms with E-state index >= 15 is 0 Å². The zero-order chi connectivity index (χ0) is 24.5. The molecule has 0 aromatic heterocycles. The number of rotatable bonds is 19. The van der Waals surface area contributed by atoms with Crippen LogP contribution in [0.4, 0.5) is 0 Å². The second-order valence-electron chi connectivity index (χ2n) is 6.98. The number of carbonyl (C=O) groups excluding carboxylic acids is 3. The van der Waals surface area contributed by atoms with Gasteiger partial charge in [-0.05, 0) is 38.5 Å². The highest BCUT2D eigenvalue weighted by Crippen LogP contribution is 2.34. The summed E-state index contributed by atoms with van der Waals surface area (Å²) in [4.78, 5) is 34.0. The van der Waals surface area contributed by atoms with Crippen LogP contribution in [0.2, 0.25) is 6.55 Å². The summed E-state index contributed by atoms with van der Waals surface area (Å²) in [6, 6.07) is 0. The Morgan fingerprint density at radius 3 is 1.28 bits per heavy atom. The van der Waals surface area contributed by atoms with E-state index in [2.05, 4.69) is 19.7 Å². The van der Waals surface area contributed by atoms with Gasteiger partial charge in [-0.3, -0.25) is 0 Å². The lowest BCUT2D eigenvalue weighted by molar-refractivity contribution is -0.138. The molecular weight excluding hydrogens is 436 g/mol. The van der Waals surface area contributed by atoms with Crippen molar-refractivity contribution < 1.29 is 41.9 Å². The summed E-state index contributed by atoms with van der Waals surface area (Å²) in [5.74, 6) is -1.51. The van der Waals surface area contributed by atoms with E-state index in [0.29, 0.717) is 38.5 Å². The molecule has 182 valence electrons. The number of esters is 3. The fraction of sp³-hybridized carbons (Fsp3) is 0.591. The molecule has 0 heterocycles. The van der Waals surface area contributed by atoms with E-state index in [1.54, 1.807) is 6.55 Å². The van der Waals surface area contributed by atoms with Crippen LogP contribution in [0.25, 0.3) is 0 Å². The van der Waals surface area contributed by atoms with Gasteiger partial charge in [-0.25, -0.2) is 14.4 Å². The molecule has 0 radical (unpaired) electrons. The van der Waals surface area contributed by atoms with Crippen LogP contribution in [-0.4, -0.2) is 66.4 Å². The van der Waals surface area contributed by atoms with Crippen LogP contribution < -0.4 is 0 Å². The minimum Gasteiger partial charge on any atom is -0.463 e. The Bertz CT molecular complexity index is 560. The van der Waals surface area contributed by atoms with E-state index < -0.39 is 32.3 Å². The van der Waals surface area contributed by atoms with Crippen molar-refractivity contribution in [2.45, 2.75) is 50.7 Å². The molecule has 10 heteroatoms. The van der Waals surface area contributed by atoms with Crippen molar-refractivity contribution in [2.24, 2.45) is 0 Å². The first kappa shape index (κ1) is 29.7. The SMILES string of the molecule is C=CC(=O)OCCCC(CCCOC(=O)C=C)(CCCOC(=O)C=C)O[Si](C)(OC)OC. The molecule has 0 aromatic carbocycles. The largest absolute Gasteiger partial charge is 0.497 e. The van der Waals surface area contributed by atoms with E-state index in [9.17, 15) is 14.4 Å². The Morgan fingerprint density at radius 1 is 0.719 bits per heavy atom. The van der Waals surface area contributed by atoms with Crippen LogP contribution in [0.15, 0.2) is 38.0 Å². The van der Waals surface area contributed by atoms with E-state index in [0.717, 1.165) is 18.2 Å². The molecule has 0 aliphatic heterocycles. The van der Waals surface area contributed by atoms with Gasteiger partial charge < -0.3 is 27.5 Å². The van der Waals surface area contributed by atoms with Gasteiger partial charge in [0.05, 0.1) is 25.4 Å². The van der Waals surface area contributed by atoms with Gasteiger partial charge in [0.25, 0.3) is 0 Å². The molecule has 0 aromatic rings. The lowest BCUT2D eigenvalue weighted by Crippen LogP contribution is -2.50. The van der Waals surface area contributed by atoms with Gasteiger partial charge in [0, 0.05) is 39.0 Å². The first-order valence-electron chi connectivity index (χ1n) is 10.4. The normalized spacial score (nSPS) is 11.3. The lowest BCUT2D eigenvalue weighted by atomic mass is 9.88. The van der Waals surface area contributed by atoms with Crippen LogP contribution in [0.1, 0.15) is 38.5 Å². The monoisotopic (exact) mass is 472 g/mol. The maximum Gasteiger partial charge on any atom is 0.497 e. The second kappa shape index (κ2) is 16.4. The van der Waals surface area contributed by atoms with Gasteiger partial charge >= 0.3 is 26.7 Å².